The van der Waals surface area contributed by atoms with E-state index in [0.717, 1.165) is 19.6 Å². The smallest absolute Gasteiger partial charge is 0.261 e. The van der Waals surface area contributed by atoms with Crippen LogP contribution in [0.5, 0.6) is 0 Å². The summed E-state index contributed by atoms with van der Waals surface area (Å²) in [6.45, 7) is 8.93. The molecule has 0 aromatic heterocycles. The maximum atomic E-state index is 11.9. The van der Waals surface area contributed by atoms with Crippen molar-refractivity contribution < 1.29 is 13.5 Å². The second-order valence-electron chi connectivity index (χ2n) is 5.05. The number of nitrogens with zero attached hydrogens (tertiary/aromatic N) is 1. The van der Waals surface area contributed by atoms with Gasteiger partial charge in [0.1, 0.15) is 6.61 Å². The lowest BCUT2D eigenvalue weighted by Crippen LogP contribution is -2.61. The van der Waals surface area contributed by atoms with Crippen LogP contribution in [0.4, 0.5) is 8.78 Å². The van der Waals surface area contributed by atoms with Gasteiger partial charge in [0.15, 0.2) is 0 Å². The van der Waals surface area contributed by atoms with E-state index in [2.05, 4.69) is 31.0 Å². The average Bonchev–Trinajstić information content (AvgIpc) is 2.17. The van der Waals surface area contributed by atoms with Crippen LogP contribution >= 0.6 is 0 Å². The maximum Gasteiger partial charge on any atom is 0.261 e. The van der Waals surface area contributed by atoms with Crippen LogP contribution in [-0.2, 0) is 4.74 Å². The molecule has 1 N–H and O–H groups in total. The van der Waals surface area contributed by atoms with Crippen molar-refractivity contribution >= 4 is 0 Å². The van der Waals surface area contributed by atoms with E-state index in [1.54, 1.807) is 0 Å². The number of piperazine rings is 1. The Morgan fingerprint density at radius 2 is 2.19 bits per heavy atom. The first-order chi connectivity index (χ1) is 7.41. The van der Waals surface area contributed by atoms with Crippen LogP contribution in [0, 0.1) is 0 Å². The van der Waals surface area contributed by atoms with Crippen molar-refractivity contribution in [3.8, 4) is 0 Å². The molecule has 1 saturated heterocycles. The highest BCUT2D eigenvalue weighted by Crippen LogP contribution is 2.14. The Hall–Kier alpha value is -0.260. The van der Waals surface area contributed by atoms with Crippen molar-refractivity contribution in [2.45, 2.75) is 38.8 Å². The summed E-state index contributed by atoms with van der Waals surface area (Å²) in [5, 5.41) is 3.44. The second kappa shape index (κ2) is 5.89. The Morgan fingerprint density at radius 3 is 2.81 bits per heavy atom. The van der Waals surface area contributed by atoms with E-state index in [9.17, 15) is 8.78 Å². The first-order valence-electron chi connectivity index (χ1n) is 5.76. The third-order valence-corrected chi connectivity index (χ3v) is 2.86. The monoisotopic (exact) mass is 236 g/mol. The summed E-state index contributed by atoms with van der Waals surface area (Å²) in [4.78, 5) is 2.28. The van der Waals surface area contributed by atoms with Gasteiger partial charge < -0.3 is 10.1 Å². The first kappa shape index (κ1) is 13.8. The molecule has 3 nitrogen and oxygen atoms in total. The molecule has 0 aromatic rings. The molecule has 1 fully saturated rings. The zero-order valence-electron chi connectivity index (χ0n) is 10.3. The average molecular weight is 236 g/mol. The second-order valence-corrected chi connectivity index (χ2v) is 5.05. The Balaban J connectivity index is 2.24. The van der Waals surface area contributed by atoms with E-state index >= 15 is 0 Å². The summed E-state index contributed by atoms with van der Waals surface area (Å²) >= 11 is 0. The lowest BCUT2D eigenvalue weighted by Gasteiger charge is -2.43. The van der Waals surface area contributed by atoms with Crippen LogP contribution in [0.1, 0.15) is 20.8 Å². The van der Waals surface area contributed by atoms with Gasteiger partial charge in [-0.3, -0.25) is 4.90 Å². The molecule has 1 unspecified atom stereocenters. The fourth-order valence-corrected chi connectivity index (χ4v) is 1.93. The normalized spacial score (nSPS) is 26.2. The highest BCUT2D eigenvalue weighted by Gasteiger charge is 2.29. The van der Waals surface area contributed by atoms with Gasteiger partial charge in [-0.05, 0) is 20.8 Å². The van der Waals surface area contributed by atoms with Gasteiger partial charge in [-0.25, -0.2) is 8.78 Å². The molecule has 0 bridgehead atoms. The Bertz CT molecular complexity index is 212. The highest BCUT2D eigenvalue weighted by molar-refractivity contribution is 4.90. The van der Waals surface area contributed by atoms with E-state index in [4.69, 9.17) is 4.74 Å². The Morgan fingerprint density at radius 1 is 1.50 bits per heavy atom. The summed E-state index contributed by atoms with van der Waals surface area (Å²) in [6.07, 6.45) is -2.36. The predicted octanol–water partition coefficient (Wildman–Crippen LogP) is 1.34. The molecule has 0 saturated carbocycles. The molecule has 1 heterocycles. The zero-order valence-corrected chi connectivity index (χ0v) is 10.3. The Kier molecular flexibility index (Phi) is 5.08. The fraction of sp³-hybridized carbons (Fsp3) is 1.00. The van der Waals surface area contributed by atoms with Gasteiger partial charge in [0.2, 0.25) is 0 Å². The summed E-state index contributed by atoms with van der Waals surface area (Å²) in [5.41, 5.74) is 0.0925. The van der Waals surface area contributed by atoms with Crippen molar-refractivity contribution in [3.05, 3.63) is 0 Å². The summed E-state index contributed by atoms with van der Waals surface area (Å²) in [6, 6.07) is 0.433. The quantitative estimate of drug-likeness (QED) is 0.729. The minimum absolute atomic E-state index is 0.0925. The topological polar surface area (TPSA) is 24.5 Å². The molecule has 1 aliphatic rings. The summed E-state index contributed by atoms with van der Waals surface area (Å²) < 4.78 is 28.6. The molecule has 0 aromatic carbocycles. The molecule has 0 amide bonds. The molecule has 1 atom stereocenters. The largest absolute Gasteiger partial charge is 0.374 e. The molecule has 1 rings (SSSR count). The van der Waals surface area contributed by atoms with Gasteiger partial charge in [0, 0.05) is 31.2 Å². The minimum atomic E-state index is -2.36. The molecule has 0 spiro atoms. The van der Waals surface area contributed by atoms with Crippen LogP contribution < -0.4 is 5.32 Å². The van der Waals surface area contributed by atoms with Crippen LogP contribution in [0.25, 0.3) is 0 Å². The van der Waals surface area contributed by atoms with Crippen molar-refractivity contribution in [2.75, 3.05) is 32.8 Å². The van der Waals surface area contributed by atoms with E-state index < -0.39 is 13.0 Å². The zero-order chi connectivity index (χ0) is 12.2. The minimum Gasteiger partial charge on any atom is -0.374 e. The third-order valence-electron chi connectivity index (χ3n) is 2.86. The number of nitrogens with one attached hydrogen (secondary N) is 1. The number of rotatable bonds is 5. The molecule has 5 heteroatoms. The first-order valence-corrected chi connectivity index (χ1v) is 5.76. The predicted molar refractivity (Wildman–Crippen MR) is 59.9 cm³/mol. The number of halogens is 2. The van der Waals surface area contributed by atoms with Gasteiger partial charge in [0.25, 0.3) is 6.43 Å². The molecular formula is C11H22F2N2O. The van der Waals surface area contributed by atoms with E-state index in [1.807, 2.05) is 0 Å². The lowest BCUT2D eigenvalue weighted by molar-refractivity contribution is -0.000937. The van der Waals surface area contributed by atoms with Gasteiger partial charge in [-0.15, -0.1) is 0 Å². The van der Waals surface area contributed by atoms with E-state index in [0.29, 0.717) is 12.6 Å². The summed E-state index contributed by atoms with van der Waals surface area (Å²) in [7, 11) is 0. The van der Waals surface area contributed by atoms with Crippen molar-refractivity contribution in [3.63, 3.8) is 0 Å². The lowest BCUT2D eigenvalue weighted by atomic mass is 9.99. The summed E-state index contributed by atoms with van der Waals surface area (Å²) in [5.74, 6) is 0. The van der Waals surface area contributed by atoms with Crippen molar-refractivity contribution in [1.82, 2.24) is 10.2 Å². The third kappa shape index (κ3) is 4.72. The molecule has 0 aliphatic carbocycles. The van der Waals surface area contributed by atoms with Crippen molar-refractivity contribution in [1.29, 1.82) is 0 Å². The number of alkyl halides is 2. The number of hydrogen-bond donors (Lipinski definition) is 1. The molecule has 0 radical (unpaired) electrons. The van der Waals surface area contributed by atoms with Crippen LogP contribution in [-0.4, -0.2) is 55.8 Å². The van der Waals surface area contributed by atoms with Crippen LogP contribution in [0.2, 0.25) is 0 Å². The SMILES string of the molecule is CC1CNC(C)(C)CN1CCOCC(F)F. The number of hydrogen-bond acceptors (Lipinski definition) is 3. The highest BCUT2D eigenvalue weighted by atomic mass is 19.3. The van der Waals surface area contributed by atoms with E-state index in [-0.39, 0.29) is 5.54 Å². The Labute approximate surface area is 96.1 Å². The van der Waals surface area contributed by atoms with Crippen LogP contribution in [0.15, 0.2) is 0 Å². The van der Waals surface area contributed by atoms with Gasteiger partial charge in [-0.2, -0.15) is 0 Å². The maximum absolute atomic E-state index is 11.9. The fourth-order valence-electron chi connectivity index (χ4n) is 1.93. The number of ether oxygens (including phenoxy) is 1. The van der Waals surface area contributed by atoms with E-state index in [1.165, 1.54) is 0 Å². The van der Waals surface area contributed by atoms with Gasteiger partial charge in [-0.1, -0.05) is 0 Å². The van der Waals surface area contributed by atoms with Gasteiger partial charge in [0.05, 0.1) is 6.61 Å². The standard InChI is InChI=1S/C11H22F2N2O/c1-9-6-14-11(2,3)8-15(9)4-5-16-7-10(12)13/h9-10,14H,4-8H2,1-3H3. The molecule has 1 aliphatic heterocycles. The molecule has 16 heavy (non-hydrogen) atoms. The molecule has 96 valence electrons. The van der Waals surface area contributed by atoms with Crippen LogP contribution in [0.3, 0.4) is 0 Å². The van der Waals surface area contributed by atoms with Crippen molar-refractivity contribution in [2.24, 2.45) is 0 Å². The van der Waals surface area contributed by atoms with Gasteiger partial charge >= 0.3 is 0 Å². The molecular weight excluding hydrogens is 214 g/mol.